The monoisotopic (exact) mass is 688 g/mol. The molecule has 3 aromatic carbocycles. The van der Waals surface area contributed by atoms with E-state index < -0.39 is 0 Å². The molecule has 0 amide bonds. The van der Waals surface area contributed by atoms with E-state index in [1.807, 2.05) is 72.9 Å². The number of oxazole rings is 1. The number of fused-ring (bicyclic) bond motifs is 4. The van der Waals surface area contributed by atoms with Crippen LogP contribution in [0.1, 0.15) is 0 Å². The lowest BCUT2D eigenvalue weighted by atomic mass is 9.94. The summed E-state index contributed by atoms with van der Waals surface area (Å²) in [6.45, 7) is 0. The minimum atomic E-state index is -0.138. The van der Waals surface area contributed by atoms with Gasteiger partial charge in [0.15, 0.2) is 10.9 Å². The number of nitrogens with zero attached hydrogens (tertiary/aromatic N) is 6. The number of nitrogens with one attached hydrogen (secondary N) is 2. The molecule has 0 aliphatic rings. The first-order chi connectivity index (χ1) is 26.1. The van der Waals surface area contributed by atoms with Crippen molar-refractivity contribution in [3.63, 3.8) is 0 Å². The van der Waals surface area contributed by atoms with Crippen LogP contribution >= 0.6 is 0 Å². The Bertz CT molecular complexity index is 3190. The summed E-state index contributed by atoms with van der Waals surface area (Å²) in [6, 6.07) is 28.8. The zero-order valence-corrected chi connectivity index (χ0v) is 27.6. The zero-order chi connectivity index (χ0) is 35.5. The Labute approximate surface area is 298 Å². The molecular formula is C42H24N8O3. The first kappa shape index (κ1) is 30.2. The average Bonchev–Trinajstić information content (AvgIpc) is 3.75. The quantitative estimate of drug-likeness (QED) is 0.183. The number of aromatic amines is 2. The highest BCUT2D eigenvalue weighted by Gasteiger charge is 2.18. The van der Waals surface area contributed by atoms with Gasteiger partial charge in [-0.25, -0.2) is 24.9 Å². The van der Waals surface area contributed by atoms with Crippen LogP contribution in [0.4, 0.5) is 0 Å². The van der Waals surface area contributed by atoms with Gasteiger partial charge in [0.25, 0.3) is 0 Å². The summed E-state index contributed by atoms with van der Waals surface area (Å²) in [7, 11) is 0. The third-order valence-electron chi connectivity index (χ3n) is 9.40. The predicted octanol–water partition coefficient (Wildman–Crippen LogP) is 7.97. The van der Waals surface area contributed by atoms with Crippen LogP contribution in [0, 0.1) is 0 Å². The smallest absolute Gasteiger partial charge is 0.245 e. The Morgan fingerprint density at radius 1 is 0.547 bits per heavy atom. The third kappa shape index (κ3) is 5.23. The summed E-state index contributed by atoms with van der Waals surface area (Å²) in [4.78, 5) is 59.4. The number of benzene rings is 3. The molecule has 2 N–H and O–H groups in total. The molecule has 53 heavy (non-hydrogen) atoms. The van der Waals surface area contributed by atoms with Crippen molar-refractivity contribution in [1.29, 1.82) is 0 Å². The minimum Gasteiger partial charge on any atom is -0.443 e. The summed E-state index contributed by atoms with van der Waals surface area (Å²) in [5.41, 5.74) is 9.49. The SMILES string of the molecule is O=c1cc[nH]c2nc(-c3cccc(-c4cnc5ccc(-c6cc7c(=O)cc[nH]c7nc6-c6ncco6)cc5c4)c3)c(-c3ccc4ncncc4c3)cc12. The Kier molecular flexibility index (Phi) is 6.83. The van der Waals surface area contributed by atoms with Crippen molar-refractivity contribution >= 4 is 43.9 Å². The van der Waals surface area contributed by atoms with Crippen LogP contribution in [0.15, 0.2) is 149 Å². The Balaban J connectivity index is 1.11. The van der Waals surface area contributed by atoms with E-state index in [4.69, 9.17) is 19.4 Å². The molecule has 0 bridgehead atoms. The van der Waals surface area contributed by atoms with Crippen molar-refractivity contribution in [1.82, 2.24) is 39.9 Å². The maximum atomic E-state index is 12.9. The molecule has 0 saturated carbocycles. The topological polar surface area (TPSA) is 156 Å². The summed E-state index contributed by atoms with van der Waals surface area (Å²) in [5.74, 6) is 0.346. The number of hydrogen-bond acceptors (Lipinski definition) is 9. The number of hydrogen-bond donors (Lipinski definition) is 2. The highest BCUT2D eigenvalue weighted by molar-refractivity contribution is 5.95. The second-order valence-electron chi connectivity index (χ2n) is 12.6. The standard InChI is InChI=1S/C42H24N8O3/c51-36-8-10-44-40-32(36)18-30(25-5-7-35-29(16-25)20-43-22-48-35)38(49-40)26-3-1-2-23(14-26)28-17-27-15-24(4-6-34(27)47-21-28)31-19-33-37(52)9-11-45-41(33)50-39(31)42-46-12-13-53-42/h1-22H,(H,44,49,51)(H,45,50,52). The largest absolute Gasteiger partial charge is 0.443 e. The molecule has 0 radical (unpaired) electrons. The first-order valence-electron chi connectivity index (χ1n) is 16.7. The summed E-state index contributed by atoms with van der Waals surface area (Å²) < 4.78 is 5.65. The van der Waals surface area contributed by atoms with Crippen LogP contribution in [0.2, 0.25) is 0 Å². The molecule has 10 rings (SSSR count). The fourth-order valence-corrected chi connectivity index (χ4v) is 6.81. The van der Waals surface area contributed by atoms with Crippen LogP contribution in [-0.2, 0) is 0 Å². The Morgan fingerprint density at radius 3 is 1.94 bits per heavy atom. The maximum Gasteiger partial charge on any atom is 0.245 e. The number of aromatic nitrogens is 8. The number of H-pyrrole nitrogens is 2. The molecule has 7 aromatic heterocycles. The molecule has 0 fully saturated rings. The average molecular weight is 689 g/mol. The third-order valence-corrected chi connectivity index (χ3v) is 9.40. The van der Waals surface area contributed by atoms with E-state index >= 15 is 0 Å². The van der Waals surface area contributed by atoms with Crippen molar-refractivity contribution in [2.45, 2.75) is 0 Å². The number of pyridine rings is 5. The molecule has 10 aromatic rings. The predicted molar refractivity (Wildman–Crippen MR) is 204 cm³/mol. The van der Waals surface area contributed by atoms with Gasteiger partial charge >= 0.3 is 0 Å². The van der Waals surface area contributed by atoms with Gasteiger partial charge in [-0.15, -0.1) is 0 Å². The summed E-state index contributed by atoms with van der Waals surface area (Å²) >= 11 is 0. The zero-order valence-electron chi connectivity index (χ0n) is 27.6. The van der Waals surface area contributed by atoms with Crippen molar-refractivity contribution in [3.05, 3.63) is 155 Å². The maximum absolute atomic E-state index is 12.9. The Morgan fingerprint density at radius 2 is 1.21 bits per heavy atom. The lowest BCUT2D eigenvalue weighted by molar-refractivity contribution is 0.572. The molecule has 11 nitrogen and oxygen atoms in total. The fraction of sp³-hybridized carbons (Fsp3) is 0. The van der Waals surface area contributed by atoms with Gasteiger partial charge in [-0.3, -0.25) is 14.6 Å². The highest BCUT2D eigenvalue weighted by atomic mass is 16.3. The van der Waals surface area contributed by atoms with Crippen molar-refractivity contribution in [2.24, 2.45) is 0 Å². The fourth-order valence-electron chi connectivity index (χ4n) is 6.81. The summed E-state index contributed by atoms with van der Waals surface area (Å²) in [6.07, 6.45) is 11.4. The number of rotatable bonds is 5. The van der Waals surface area contributed by atoms with Crippen LogP contribution in [0.5, 0.6) is 0 Å². The van der Waals surface area contributed by atoms with Crippen molar-refractivity contribution in [3.8, 4) is 56.2 Å². The van der Waals surface area contributed by atoms with E-state index in [1.54, 1.807) is 24.8 Å². The molecule has 0 aliphatic heterocycles. The van der Waals surface area contributed by atoms with Gasteiger partial charge in [-0.1, -0.05) is 30.3 Å². The van der Waals surface area contributed by atoms with Gasteiger partial charge in [0.1, 0.15) is 29.6 Å². The lowest BCUT2D eigenvalue weighted by Gasteiger charge is -2.13. The van der Waals surface area contributed by atoms with Gasteiger partial charge in [-0.05, 0) is 65.2 Å². The van der Waals surface area contributed by atoms with Gasteiger partial charge in [0, 0.05) is 69.9 Å². The van der Waals surface area contributed by atoms with Gasteiger partial charge in [-0.2, -0.15) is 0 Å². The first-order valence-corrected chi connectivity index (χ1v) is 16.7. The molecule has 250 valence electrons. The van der Waals surface area contributed by atoms with E-state index in [0.717, 1.165) is 55.2 Å². The van der Waals surface area contributed by atoms with Crippen LogP contribution in [-0.4, -0.2) is 39.9 Å². The van der Waals surface area contributed by atoms with Gasteiger partial charge < -0.3 is 14.4 Å². The molecule has 0 atom stereocenters. The van der Waals surface area contributed by atoms with E-state index in [1.165, 1.54) is 24.7 Å². The van der Waals surface area contributed by atoms with Crippen molar-refractivity contribution < 1.29 is 4.42 Å². The Hall–Kier alpha value is -7.66. The summed E-state index contributed by atoms with van der Waals surface area (Å²) in [5, 5.41) is 2.74. The van der Waals surface area contributed by atoms with Crippen LogP contribution in [0.3, 0.4) is 0 Å². The highest BCUT2D eigenvalue weighted by Crippen LogP contribution is 2.37. The van der Waals surface area contributed by atoms with Gasteiger partial charge in [0.2, 0.25) is 5.89 Å². The molecular weight excluding hydrogens is 665 g/mol. The second-order valence-corrected chi connectivity index (χ2v) is 12.6. The van der Waals surface area contributed by atoms with Crippen molar-refractivity contribution in [2.75, 3.05) is 0 Å². The molecule has 0 aliphatic carbocycles. The molecule has 0 spiro atoms. The molecule has 0 unspecified atom stereocenters. The van der Waals surface area contributed by atoms with Crippen LogP contribution in [0.25, 0.3) is 100 Å². The van der Waals surface area contributed by atoms with E-state index in [9.17, 15) is 9.59 Å². The molecule has 7 heterocycles. The van der Waals surface area contributed by atoms with Gasteiger partial charge in [0.05, 0.1) is 33.7 Å². The van der Waals surface area contributed by atoms with E-state index in [-0.39, 0.29) is 10.9 Å². The lowest BCUT2D eigenvalue weighted by Crippen LogP contribution is -2.03. The minimum absolute atomic E-state index is 0.114. The van der Waals surface area contributed by atoms with E-state index in [0.29, 0.717) is 44.9 Å². The second kappa shape index (κ2) is 12.0. The van der Waals surface area contributed by atoms with Crippen LogP contribution < -0.4 is 10.9 Å². The molecule has 11 heteroatoms. The molecule has 0 saturated heterocycles. The van der Waals surface area contributed by atoms with E-state index in [2.05, 4.69) is 37.1 Å². The normalized spacial score (nSPS) is 11.5.